The van der Waals surface area contributed by atoms with E-state index in [-0.39, 0.29) is 53.0 Å². The number of esters is 1. The third kappa shape index (κ3) is 8.76. The Morgan fingerprint density at radius 3 is 2.52 bits per heavy atom. The van der Waals surface area contributed by atoms with Crippen LogP contribution in [0.5, 0.6) is 11.5 Å². The maximum atomic E-state index is 13.3. The molecule has 3 aromatic rings. The van der Waals surface area contributed by atoms with E-state index in [0.717, 1.165) is 0 Å². The number of hydrogen-bond acceptors (Lipinski definition) is 11. The number of carbonyl (C=O) groups excluding carboxylic acids is 3. The van der Waals surface area contributed by atoms with Crippen molar-refractivity contribution in [2.45, 2.75) is 41.9 Å². The number of methoxy groups -OCH3 is 1. The van der Waals surface area contributed by atoms with Crippen LogP contribution in [-0.2, 0) is 30.8 Å². The van der Waals surface area contributed by atoms with Gasteiger partial charge in [-0.05, 0) is 60.7 Å². The van der Waals surface area contributed by atoms with E-state index in [1.54, 1.807) is 30.3 Å². The van der Waals surface area contributed by atoms with Gasteiger partial charge in [-0.25, -0.2) is 18.0 Å². The molecule has 0 saturated carbocycles. The molecule has 3 aromatic carbocycles. The van der Waals surface area contributed by atoms with Crippen molar-refractivity contribution >= 4 is 51.4 Å². The van der Waals surface area contributed by atoms with E-state index in [4.69, 9.17) is 16.3 Å². The van der Waals surface area contributed by atoms with Crippen molar-refractivity contribution in [2.75, 3.05) is 20.3 Å². The molecule has 16 heteroatoms. The number of sulfonamides is 1. The fourth-order valence-corrected chi connectivity index (χ4v) is 7.33. The number of benzene rings is 3. The summed E-state index contributed by atoms with van der Waals surface area (Å²) in [5.74, 6) is -2.37. The normalized spacial score (nSPS) is 18.6. The number of quaternary nitrogens is 1. The number of hydroxylamine groups is 2. The Labute approximate surface area is 274 Å². The van der Waals surface area contributed by atoms with Crippen molar-refractivity contribution in [3.8, 4) is 11.5 Å². The number of unbranched alkanes of at least 4 members (excludes halogenated alkanes) is 1. The third-order valence-corrected chi connectivity index (χ3v) is 9.97. The first-order chi connectivity index (χ1) is 21.8. The lowest BCUT2D eigenvalue weighted by atomic mass is 10.0. The van der Waals surface area contributed by atoms with Crippen LogP contribution in [0.15, 0.2) is 71.6 Å². The topological polar surface area (TPSA) is 191 Å². The van der Waals surface area contributed by atoms with Gasteiger partial charge < -0.3 is 25.1 Å². The molecular weight excluding hydrogens is 662 g/mol. The highest BCUT2D eigenvalue weighted by molar-refractivity contribution is 7.94. The molecule has 1 aliphatic heterocycles. The van der Waals surface area contributed by atoms with Gasteiger partial charge in [-0.3, -0.25) is 4.79 Å². The second kappa shape index (κ2) is 15.3. The fraction of sp³-hybridized carbons (Fsp3) is 0.300. The molecule has 0 spiro atoms. The summed E-state index contributed by atoms with van der Waals surface area (Å²) in [5, 5.41) is 33.8. The van der Waals surface area contributed by atoms with Gasteiger partial charge in [-0.15, -0.1) is 0 Å². The molecule has 46 heavy (non-hydrogen) atoms. The molecular formula is C30H32ClN3O10S2. The number of phenols is 1. The molecule has 0 bridgehead atoms. The van der Waals surface area contributed by atoms with Gasteiger partial charge in [-0.1, -0.05) is 52.2 Å². The molecule has 1 fully saturated rings. The Balaban J connectivity index is 1.40. The third-order valence-electron chi connectivity index (χ3n) is 6.99. The summed E-state index contributed by atoms with van der Waals surface area (Å²) < 4.78 is 37.0. The zero-order valence-electron chi connectivity index (χ0n) is 24.6. The Hall–Kier alpha value is -3.70. The van der Waals surface area contributed by atoms with Crippen LogP contribution >= 0.6 is 23.5 Å². The summed E-state index contributed by atoms with van der Waals surface area (Å²) in [7, 11) is -2.90. The highest BCUT2D eigenvalue weighted by Crippen LogP contribution is 2.47. The van der Waals surface area contributed by atoms with Crippen LogP contribution in [-0.4, -0.2) is 67.0 Å². The molecule has 3 atom stereocenters. The molecule has 0 aliphatic carbocycles. The first-order valence-electron chi connectivity index (χ1n) is 14.0. The molecule has 0 radical (unpaired) electrons. The average molecular weight is 694 g/mol. The maximum Gasteiger partial charge on any atom is 0.359 e. The van der Waals surface area contributed by atoms with E-state index in [1.165, 1.54) is 43.5 Å². The first kappa shape index (κ1) is 35.2. The van der Waals surface area contributed by atoms with Gasteiger partial charge >= 0.3 is 11.9 Å². The summed E-state index contributed by atoms with van der Waals surface area (Å²) in [4.78, 5) is 37.0. The smallest absolute Gasteiger partial charge is 0.359 e. The SMILES string of the molecule is COC(=O)c1c(O)cccc1OCCCCNC(=O)C(Cc1ccc(C2CC(=O)[N+]([O-])(O)S2)c(Cl)c1)NS(=O)(=O)c1ccccc1. The van der Waals surface area contributed by atoms with Gasteiger partial charge in [0.05, 0.1) is 25.0 Å². The number of halogens is 1. The van der Waals surface area contributed by atoms with E-state index >= 15 is 0 Å². The van der Waals surface area contributed by atoms with E-state index in [0.29, 0.717) is 35.9 Å². The monoisotopic (exact) mass is 693 g/mol. The van der Waals surface area contributed by atoms with Crippen molar-refractivity contribution in [3.63, 3.8) is 0 Å². The van der Waals surface area contributed by atoms with Crippen molar-refractivity contribution in [2.24, 2.45) is 0 Å². The second-order valence-electron chi connectivity index (χ2n) is 10.2. The van der Waals surface area contributed by atoms with Crippen LogP contribution in [0.2, 0.25) is 5.02 Å². The standard InChI is InChI=1S/C30H32ClN3O10S2/c1-43-30(38)28-24(35)10-7-11-25(28)44-15-6-5-14-32-29(37)23(33-46(41,42)20-8-3-2-4-9-20)17-19-12-13-21(22(31)16-19)26-18-27(36)34(39,40)45-26/h2-4,7-13,16,23,26,33,35,39H,5-6,14-15,17-18H2,1H3,(H,32,37). The summed E-state index contributed by atoms with van der Waals surface area (Å²) >= 11 is 6.95. The number of phenolic OH excluding ortho intramolecular Hbond substituents is 1. The molecule has 246 valence electrons. The number of ether oxygens (including phenoxy) is 2. The van der Waals surface area contributed by atoms with E-state index < -0.39 is 43.3 Å². The van der Waals surface area contributed by atoms with Crippen LogP contribution < -0.4 is 14.8 Å². The number of carbonyl (C=O) groups is 3. The molecule has 1 heterocycles. The van der Waals surface area contributed by atoms with E-state index in [1.807, 2.05) is 0 Å². The summed E-state index contributed by atoms with van der Waals surface area (Å²) in [5.41, 5.74) is 0.861. The number of aromatic hydroxyl groups is 1. The van der Waals surface area contributed by atoms with E-state index in [2.05, 4.69) is 14.8 Å². The molecule has 0 aromatic heterocycles. The van der Waals surface area contributed by atoms with Gasteiger partial charge in [0.2, 0.25) is 15.9 Å². The van der Waals surface area contributed by atoms with Crippen molar-refractivity contribution < 1.29 is 46.8 Å². The number of rotatable bonds is 14. The Kier molecular flexibility index (Phi) is 11.7. The Morgan fingerprint density at radius 2 is 1.87 bits per heavy atom. The summed E-state index contributed by atoms with van der Waals surface area (Å²) in [6.45, 7) is 0.338. The van der Waals surface area contributed by atoms with Crippen LogP contribution in [0, 0.1) is 5.21 Å². The maximum absolute atomic E-state index is 13.3. The summed E-state index contributed by atoms with van der Waals surface area (Å²) in [6, 6.07) is 15.4. The quantitative estimate of drug-likeness (QED) is 0.0476. The lowest BCUT2D eigenvalue weighted by Crippen LogP contribution is -2.48. The molecule has 13 nitrogen and oxygen atoms in total. The Morgan fingerprint density at radius 1 is 1.13 bits per heavy atom. The Bertz CT molecular complexity index is 1690. The van der Waals surface area contributed by atoms with Gasteiger partial charge in [0, 0.05) is 11.6 Å². The second-order valence-corrected chi connectivity index (χ2v) is 13.6. The lowest BCUT2D eigenvalue weighted by molar-refractivity contribution is -0.880. The van der Waals surface area contributed by atoms with Crippen LogP contribution in [0.25, 0.3) is 0 Å². The summed E-state index contributed by atoms with van der Waals surface area (Å²) in [6.07, 6.45) is 0.607. The van der Waals surface area contributed by atoms with Crippen molar-refractivity contribution in [1.82, 2.24) is 10.0 Å². The van der Waals surface area contributed by atoms with E-state index in [9.17, 15) is 38.3 Å². The molecule has 2 amide bonds. The van der Waals surface area contributed by atoms with Gasteiger partial charge in [0.25, 0.3) is 0 Å². The van der Waals surface area contributed by atoms with Crippen molar-refractivity contribution in [3.05, 3.63) is 93.7 Å². The highest BCUT2D eigenvalue weighted by atomic mass is 35.5. The minimum Gasteiger partial charge on any atom is -0.579 e. The van der Waals surface area contributed by atoms with Gasteiger partial charge in [0.15, 0.2) is 0 Å². The minimum atomic E-state index is -4.09. The average Bonchev–Trinajstić information content (AvgIpc) is 3.29. The molecule has 1 saturated heterocycles. The van der Waals surface area contributed by atoms with Crippen LogP contribution in [0.4, 0.5) is 0 Å². The van der Waals surface area contributed by atoms with Crippen LogP contribution in [0.1, 0.15) is 46.0 Å². The molecule has 1 aliphatic rings. The zero-order valence-corrected chi connectivity index (χ0v) is 26.9. The van der Waals surface area contributed by atoms with Crippen molar-refractivity contribution in [1.29, 1.82) is 0 Å². The highest BCUT2D eigenvalue weighted by Gasteiger charge is 2.44. The number of nitrogens with one attached hydrogen (secondary N) is 2. The lowest BCUT2D eigenvalue weighted by Gasteiger charge is -2.22. The fourth-order valence-electron chi connectivity index (χ4n) is 4.64. The number of amides is 2. The van der Waals surface area contributed by atoms with Gasteiger partial charge in [-0.2, -0.15) is 9.93 Å². The number of hydrogen-bond donors (Lipinski definition) is 4. The minimum absolute atomic E-state index is 0.0252. The largest absolute Gasteiger partial charge is 0.579 e. The number of nitrogens with zero attached hydrogens (tertiary/aromatic N) is 1. The zero-order chi connectivity index (χ0) is 33.5. The predicted molar refractivity (Wildman–Crippen MR) is 168 cm³/mol. The first-order valence-corrected chi connectivity index (χ1v) is 16.7. The molecule has 4 N–H and O–H groups in total. The molecule has 3 unspecified atom stereocenters. The predicted octanol–water partition coefficient (Wildman–Crippen LogP) is 4.02. The van der Waals surface area contributed by atoms with Gasteiger partial charge in [0.1, 0.15) is 40.3 Å². The van der Waals surface area contributed by atoms with Crippen LogP contribution in [0.3, 0.4) is 0 Å². The molecule has 4 rings (SSSR count).